The monoisotopic (exact) mass is 462 g/mol. The average molecular weight is 462 g/mol. The molecular formula is C23H26O10. The molecule has 0 amide bonds. The summed E-state index contributed by atoms with van der Waals surface area (Å²) in [5, 5.41) is 30.5. The molecule has 5 aliphatic rings. The van der Waals surface area contributed by atoms with Gasteiger partial charge in [-0.25, -0.2) is 4.79 Å². The Labute approximate surface area is 189 Å². The van der Waals surface area contributed by atoms with Crippen molar-refractivity contribution in [3.05, 3.63) is 35.9 Å². The first-order valence-electron chi connectivity index (χ1n) is 11.2. The van der Waals surface area contributed by atoms with Crippen LogP contribution >= 0.6 is 0 Å². The molecule has 10 atom stereocenters. The number of aliphatic hydroxyl groups excluding tert-OH is 3. The molecule has 1 aromatic carbocycles. The molecule has 178 valence electrons. The molecule has 3 N–H and O–H groups in total. The highest BCUT2D eigenvalue weighted by Crippen LogP contribution is 2.72. The number of aliphatic hydroxyl groups is 3. The van der Waals surface area contributed by atoms with Gasteiger partial charge in [0.1, 0.15) is 42.4 Å². The molecule has 4 aliphatic heterocycles. The Kier molecular flexibility index (Phi) is 4.61. The zero-order valence-electron chi connectivity index (χ0n) is 18.0. The van der Waals surface area contributed by atoms with Crippen molar-refractivity contribution in [2.24, 2.45) is 11.3 Å². The summed E-state index contributed by atoms with van der Waals surface area (Å²) in [5.74, 6) is -2.41. The first-order chi connectivity index (χ1) is 15.8. The number of rotatable bonds is 4. The lowest BCUT2D eigenvalue weighted by Crippen LogP contribution is -2.65. The van der Waals surface area contributed by atoms with E-state index in [0.29, 0.717) is 12.0 Å². The first-order valence-corrected chi connectivity index (χ1v) is 11.2. The zero-order valence-corrected chi connectivity index (χ0v) is 18.0. The lowest BCUT2D eigenvalue weighted by atomic mass is 9.56. The zero-order chi connectivity index (χ0) is 23.2. The maximum absolute atomic E-state index is 12.8. The minimum Gasteiger partial charge on any atom is -0.461 e. The maximum Gasteiger partial charge on any atom is 0.338 e. The van der Waals surface area contributed by atoms with Crippen molar-refractivity contribution >= 4 is 11.8 Å². The van der Waals surface area contributed by atoms with Crippen LogP contribution in [-0.4, -0.2) is 88.5 Å². The Hall–Kier alpha value is -1.92. The Morgan fingerprint density at radius 1 is 1.15 bits per heavy atom. The van der Waals surface area contributed by atoms with Crippen LogP contribution in [0.25, 0.3) is 0 Å². The number of ether oxygens (including phenoxy) is 5. The highest BCUT2D eigenvalue weighted by atomic mass is 16.9. The van der Waals surface area contributed by atoms with Crippen LogP contribution in [0.15, 0.2) is 30.3 Å². The number of Topliss-reactive ketones (excluding diaryl/α,β-unsaturated/α-hetero) is 1. The van der Waals surface area contributed by atoms with Crippen molar-refractivity contribution in [2.45, 2.75) is 68.0 Å². The molecule has 33 heavy (non-hydrogen) atoms. The van der Waals surface area contributed by atoms with Crippen molar-refractivity contribution < 1.29 is 48.6 Å². The molecule has 5 fully saturated rings. The van der Waals surface area contributed by atoms with Crippen molar-refractivity contribution in [1.82, 2.24) is 0 Å². The Morgan fingerprint density at radius 2 is 1.91 bits per heavy atom. The lowest BCUT2D eigenvalue weighted by molar-refractivity contribution is -0.310. The largest absolute Gasteiger partial charge is 0.461 e. The van der Waals surface area contributed by atoms with Gasteiger partial charge in [0.05, 0.1) is 23.7 Å². The predicted octanol–water partition coefficient (Wildman–Crippen LogP) is -0.469. The summed E-state index contributed by atoms with van der Waals surface area (Å²) in [6.07, 6.45) is -6.22. The molecule has 10 nitrogen and oxygen atoms in total. The Bertz CT molecular complexity index is 985. The van der Waals surface area contributed by atoms with Gasteiger partial charge in [-0.15, -0.1) is 0 Å². The van der Waals surface area contributed by atoms with Crippen molar-refractivity contribution in [3.63, 3.8) is 0 Å². The third-order valence-electron chi connectivity index (χ3n) is 8.04. The Balaban J connectivity index is 1.35. The first kappa shape index (κ1) is 21.6. The lowest BCUT2D eigenvalue weighted by Gasteiger charge is -2.52. The molecule has 4 heterocycles. The number of hydrogen-bond acceptors (Lipinski definition) is 10. The van der Waals surface area contributed by atoms with Gasteiger partial charge in [-0.2, -0.15) is 0 Å². The van der Waals surface area contributed by atoms with E-state index >= 15 is 0 Å². The van der Waals surface area contributed by atoms with Gasteiger partial charge in [0.15, 0.2) is 6.29 Å². The summed E-state index contributed by atoms with van der Waals surface area (Å²) in [4.78, 5) is 25.5. The second kappa shape index (κ2) is 7.05. The van der Waals surface area contributed by atoms with Crippen LogP contribution in [0.2, 0.25) is 0 Å². The van der Waals surface area contributed by atoms with E-state index in [1.165, 1.54) is 0 Å². The topological polar surface area (TPSA) is 141 Å². The SMILES string of the molecule is CC12CC(=O)C3CC(COC(=O)c4ccccc4)(C3O1)C21OC2OC(CO)C(O)C(O)C2O1. The number of carbonyl (C=O) groups excluding carboxylic acids is 2. The molecular weight excluding hydrogens is 436 g/mol. The molecule has 1 saturated carbocycles. The van der Waals surface area contributed by atoms with Gasteiger partial charge in [0, 0.05) is 12.3 Å². The molecule has 1 aliphatic carbocycles. The van der Waals surface area contributed by atoms with E-state index in [-0.39, 0.29) is 24.7 Å². The molecule has 10 unspecified atom stereocenters. The number of benzene rings is 1. The molecule has 4 saturated heterocycles. The minimum absolute atomic E-state index is 0.0208. The van der Waals surface area contributed by atoms with Gasteiger partial charge in [-0.05, 0) is 25.5 Å². The fourth-order valence-corrected chi connectivity index (χ4v) is 6.38. The van der Waals surface area contributed by atoms with Crippen molar-refractivity contribution in [1.29, 1.82) is 0 Å². The second-order valence-corrected chi connectivity index (χ2v) is 9.84. The van der Waals surface area contributed by atoms with E-state index in [4.69, 9.17) is 23.7 Å². The third kappa shape index (κ3) is 2.62. The number of carbonyl (C=O) groups is 2. The number of fused-ring (bicyclic) bond motifs is 4. The van der Waals surface area contributed by atoms with E-state index in [0.717, 1.165) is 0 Å². The smallest absolute Gasteiger partial charge is 0.338 e. The van der Waals surface area contributed by atoms with E-state index in [9.17, 15) is 24.9 Å². The summed E-state index contributed by atoms with van der Waals surface area (Å²) in [5.41, 5.74) is -1.82. The van der Waals surface area contributed by atoms with Gasteiger partial charge in [0.25, 0.3) is 0 Å². The van der Waals surface area contributed by atoms with Crippen LogP contribution in [-0.2, 0) is 28.5 Å². The normalized spacial score (nSPS) is 49.6. The van der Waals surface area contributed by atoms with Crippen LogP contribution < -0.4 is 0 Å². The molecule has 6 rings (SSSR count). The van der Waals surface area contributed by atoms with Crippen molar-refractivity contribution in [3.8, 4) is 0 Å². The predicted molar refractivity (Wildman–Crippen MR) is 107 cm³/mol. The number of hydrogen-bond donors (Lipinski definition) is 3. The quantitative estimate of drug-likeness (QED) is 0.503. The molecule has 1 aromatic rings. The van der Waals surface area contributed by atoms with Gasteiger partial charge in [-0.3, -0.25) is 4.79 Å². The molecule has 0 radical (unpaired) electrons. The molecule has 10 heteroatoms. The van der Waals surface area contributed by atoms with E-state index < -0.39 is 66.2 Å². The fourth-order valence-electron chi connectivity index (χ4n) is 6.38. The van der Waals surface area contributed by atoms with Crippen LogP contribution in [0.3, 0.4) is 0 Å². The summed E-state index contributed by atoms with van der Waals surface area (Å²) < 4.78 is 30.4. The van der Waals surface area contributed by atoms with Gasteiger partial charge in [-0.1, -0.05) is 18.2 Å². The van der Waals surface area contributed by atoms with Crippen molar-refractivity contribution in [2.75, 3.05) is 13.2 Å². The van der Waals surface area contributed by atoms with E-state index in [1.807, 2.05) is 0 Å². The standard InChI is InChI=1S/C23H26O10/c1-21-8-13(25)12-7-22(18(12)32-21,10-29-19(28)11-5-3-2-4-6-11)23(21)31-17-16(27)15(26)14(9-24)30-20(17)33-23/h2-6,12,14-18,20,24,26-27H,7-10H2,1H3. The van der Waals surface area contributed by atoms with Crippen LogP contribution in [0.1, 0.15) is 30.1 Å². The van der Waals surface area contributed by atoms with Gasteiger partial charge in [0.2, 0.25) is 5.79 Å². The van der Waals surface area contributed by atoms with E-state index in [2.05, 4.69) is 0 Å². The molecule has 0 aromatic heterocycles. The van der Waals surface area contributed by atoms with E-state index in [1.54, 1.807) is 37.3 Å². The second-order valence-electron chi connectivity index (χ2n) is 9.84. The summed E-state index contributed by atoms with van der Waals surface area (Å²) >= 11 is 0. The van der Waals surface area contributed by atoms with Crippen LogP contribution in [0, 0.1) is 11.3 Å². The number of esters is 1. The maximum atomic E-state index is 12.8. The summed E-state index contributed by atoms with van der Waals surface area (Å²) in [6.45, 7) is 1.07. The van der Waals surface area contributed by atoms with Crippen LogP contribution in [0.5, 0.6) is 0 Å². The minimum atomic E-state index is -1.55. The number of ketones is 1. The van der Waals surface area contributed by atoms with Gasteiger partial charge < -0.3 is 39.0 Å². The summed E-state index contributed by atoms with van der Waals surface area (Å²) in [7, 11) is 0. The average Bonchev–Trinajstić information content (AvgIpc) is 3.22. The van der Waals surface area contributed by atoms with Crippen LogP contribution in [0.4, 0.5) is 0 Å². The fraction of sp³-hybridized carbons (Fsp3) is 0.652. The highest BCUT2D eigenvalue weighted by molar-refractivity contribution is 5.89. The van der Waals surface area contributed by atoms with Gasteiger partial charge >= 0.3 is 5.97 Å². The highest BCUT2D eigenvalue weighted by Gasteiger charge is 2.87. The Morgan fingerprint density at radius 3 is 2.64 bits per heavy atom. The summed E-state index contributed by atoms with van der Waals surface area (Å²) in [6, 6.07) is 8.55. The third-order valence-corrected chi connectivity index (χ3v) is 8.04. The molecule has 2 bridgehead atoms. The molecule has 1 spiro atoms.